The van der Waals surface area contributed by atoms with Crippen LogP contribution in [0.5, 0.6) is 5.75 Å². The number of fused-ring (bicyclic) bond motifs is 5. The van der Waals surface area contributed by atoms with Gasteiger partial charge in [0.15, 0.2) is 0 Å². The van der Waals surface area contributed by atoms with Gasteiger partial charge in [-0.2, -0.15) is 0 Å². The molecular weight excluding hydrogens is 430 g/mol. The van der Waals surface area contributed by atoms with E-state index in [1.807, 2.05) is 0 Å². The molecule has 0 radical (unpaired) electrons. The maximum absolute atomic E-state index is 13.7. The second-order valence-electron chi connectivity index (χ2n) is 9.61. The number of H-pyrrole nitrogens is 1. The normalized spacial score (nSPS) is 30.3. The van der Waals surface area contributed by atoms with Crippen molar-refractivity contribution >= 4 is 22.7 Å². The van der Waals surface area contributed by atoms with E-state index in [-0.39, 0.29) is 0 Å². The number of methoxy groups -OCH3 is 2. The maximum atomic E-state index is 13.7. The molecule has 1 aromatic carbocycles. The Balaban J connectivity index is 1.83. The first kappa shape index (κ1) is 22.1. The SMILES string of the molecule is COc1ccc2c3c([nH]c2c1)[C@@H]([C@H](O)C(C)(C)O)N1C(=O)[C@@H]2CCCN2C(=O)[C@@]1(O)[C@H]3OC. The van der Waals surface area contributed by atoms with Gasteiger partial charge in [-0.3, -0.25) is 14.5 Å². The molecule has 10 nitrogen and oxygen atoms in total. The van der Waals surface area contributed by atoms with E-state index < -0.39 is 47.4 Å². The molecule has 2 amide bonds. The van der Waals surface area contributed by atoms with Crippen LogP contribution >= 0.6 is 0 Å². The summed E-state index contributed by atoms with van der Waals surface area (Å²) in [6, 6.07) is 3.33. The van der Waals surface area contributed by atoms with Crippen LogP contribution < -0.4 is 4.74 Å². The largest absolute Gasteiger partial charge is 0.497 e. The summed E-state index contributed by atoms with van der Waals surface area (Å²) in [4.78, 5) is 33.1. The minimum atomic E-state index is -2.38. The fraction of sp³-hybridized carbons (Fsp3) is 0.565. The number of benzene rings is 1. The van der Waals surface area contributed by atoms with Crippen LogP contribution in [0.25, 0.3) is 10.9 Å². The number of aromatic amines is 1. The van der Waals surface area contributed by atoms with Crippen LogP contribution in [0.1, 0.15) is 50.1 Å². The Kier molecular flexibility index (Phi) is 4.81. The third kappa shape index (κ3) is 2.81. The van der Waals surface area contributed by atoms with Gasteiger partial charge in [0.1, 0.15) is 30.0 Å². The molecule has 0 bridgehead atoms. The number of aliphatic hydroxyl groups is 3. The van der Waals surface area contributed by atoms with Crippen LogP contribution in [0.15, 0.2) is 18.2 Å². The quantitative estimate of drug-likeness (QED) is 0.525. The fourth-order valence-corrected chi connectivity index (χ4v) is 5.66. The molecule has 2 saturated heterocycles. The molecule has 4 heterocycles. The topological polar surface area (TPSA) is 136 Å². The van der Waals surface area contributed by atoms with E-state index in [4.69, 9.17) is 9.47 Å². The zero-order valence-corrected chi connectivity index (χ0v) is 19.0. The molecular formula is C23H29N3O7. The van der Waals surface area contributed by atoms with Crippen molar-refractivity contribution in [3.05, 3.63) is 29.5 Å². The highest BCUT2D eigenvalue weighted by Crippen LogP contribution is 2.53. The van der Waals surface area contributed by atoms with Gasteiger partial charge >= 0.3 is 0 Å². The minimum Gasteiger partial charge on any atom is -0.497 e. The summed E-state index contributed by atoms with van der Waals surface area (Å²) in [5.74, 6) is -0.538. The molecule has 1 aromatic heterocycles. The first-order valence-electron chi connectivity index (χ1n) is 11.0. The van der Waals surface area contributed by atoms with Crippen LogP contribution in [-0.2, 0) is 14.3 Å². The number of nitrogens with zero attached hydrogens (tertiary/aromatic N) is 2. The van der Waals surface area contributed by atoms with E-state index in [9.17, 15) is 24.9 Å². The Hall–Kier alpha value is -2.66. The number of aliphatic hydroxyl groups excluding tert-OH is 1. The predicted octanol–water partition coefficient (Wildman–Crippen LogP) is 0.572. The molecule has 2 fully saturated rings. The molecule has 3 aliphatic heterocycles. The lowest BCUT2D eigenvalue weighted by atomic mass is 9.78. The Labute approximate surface area is 190 Å². The zero-order valence-electron chi connectivity index (χ0n) is 19.0. The van der Waals surface area contributed by atoms with Crippen LogP contribution in [0.4, 0.5) is 0 Å². The molecule has 0 saturated carbocycles. The highest BCUT2D eigenvalue weighted by atomic mass is 16.5. The highest BCUT2D eigenvalue weighted by molar-refractivity contribution is 6.01. The standard InChI is InChI=1S/C23H29N3O7/c1-22(2,30)18(27)17-16-15(12-8-7-11(32-3)10-13(12)24-16)19(33-4)23(31)21(29)25-9-5-6-14(25)20(28)26(17)23/h7-8,10,14,17-19,24,27,30-31H,5-6,9H2,1-4H3/t14-,17-,18-,19-,23-/m0/s1. The van der Waals surface area contributed by atoms with Gasteiger partial charge in [-0.1, -0.05) is 0 Å². The van der Waals surface area contributed by atoms with Crippen molar-refractivity contribution in [1.82, 2.24) is 14.8 Å². The van der Waals surface area contributed by atoms with Gasteiger partial charge in [0.2, 0.25) is 5.91 Å². The first-order chi connectivity index (χ1) is 15.6. The van der Waals surface area contributed by atoms with Crippen molar-refractivity contribution in [1.29, 1.82) is 0 Å². The number of amides is 2. The second-order valence-corrected chi connectivity index (χ2v) is 9.61. The molecule has 0 unspecified atom stereocenters. The molecule has 5 rings (SSSR count). The predicted molar refractivity (Wildman–Crippen MR) is 116 cm³/mol. The number of carbonyl (C=O) groups is 2. The average molecular weight is 459 g/mol. The van der Waals surface area contributed by atoms with E-state index in [2.05, 4.69) is 4.98 Å². The Morgan fingerprint density at radius 3 is 2.64 bits per heavy atom. The summed E-state index contributed by atoms with van der Waals surface area (Å²) in [6.07, 6.45) is -1.62. The van der Waals surface area contributed by atoms with Gasteiger partial charge in [0.25, 0.3) is 11.6 Å². The highest BCUT2D eigenvalue weighted by Gasteiger charge is 2.67. The molecule has 5 atom stereocenters. The third-order valence-electron chi connectivity index (χ3n) is 7.25. The van der Waals surface area contributed by atoms with Crippen LogP contribution in [0.3, 0.4) is 0 Å². The molecule has 2 aromatic rings. The second kappa shape index (κ2) is 7.17. The van der Waals surface area contributed by atoms with Gasteiger partial charge in [0.05, 0.1) is 12.7 Å². The molecule has 10 heteroatoms. The van der Waals surface area contributed by atoms with E-state index in [0.717, 1.165) is 4.90 Å². The van der Waals surface area contributed by atoms with E-state index in [1.54, 1.807) is 18.2 Å². The number of rotatable bonds is 4. The number of nitrogens with one attached hydrogen (secondary N) is 1. The third-order valence-corrected chi connectivity index (χ3v) is 7.25. The first-order valence-corrected chi connectivity index (χ1v) is 11.0. The summed E-state index contributed by atoms with van der Waals surface area (Å²) in [6.45, 7) is 3.20. The van der Waals surface area contributed by atoms with Crippen molar-refractivity contribution in [2.24, 2.45) is 0 Å². The van der Waals surface area contributed by atoms with Crippen molar-refractivity contribution < 1.29 is 34.4 Å². The Morgan fingerprint density at radius 1 is 1.27 bits per heavy atom. The minimum absolute atomic E-state index is 0.360. The van der Waals surface area contributed by atoms with Crippen LogP contribution in [-0.4, -0.2) is 86.2 Å². The molecule has 178 valence electrons. The van der Waals surface area contributed by atoms with Crippen molar-refractivity contribution in [2.45, 2.75) is 62.3 Å². The number of hydrogen-bond acceptors (Lipinski definition) is 7. The van der Waals surface area contributed by atoms with Crippen LogP contribution in [0, 0.1) is 0 Å². The zero-order chi connectivity index (χ0) is 23.9. The van der Waals surface area contributed by atoms with Gasteiger partial charge < -0.3 is 34.7 Å². The fourth-order valence-electron chi connectivity index (χ4n) is 5.66. The van der Waals surface area contributed by atoms with E-state index in [1.165, 1.54) is 33.0 Å². The number of piperazine rings is 1. The number of hydrogen-bond donors (Lipinski definition) is 4. The summed E-state index contributed by atoms with van der Waals surface area (Å²) >= 11 is 0. The van der Waals surface area contributed by atoms with Gasteiger partial charge in [-0.05, 0) is 38.8 Å². The molecule has 3 aliphatic rings. The lowest BCUT2D eigenvalue weighted by Gasteiger charge is -2.56. The molecule has 0 aliphatic carbocycles. The monoisotopic (exact) mass is 459 g/mol. The summed E-state index contributed by atoms with van der Waals surface area (Å²) < 4.78 is 11.0. The number of ether oxygens (including phenoxy) is 2. The van der Waals surface area contributed by atoms with Gasteiger partial charge in [-0.15, -0.1) is 0 Å². The molecule has 33 heavy (non-hydrogen) atoms. The number of carbonyl (C=O) groups excluding carboxylic acids is 2. The molecule has 0 spiro atoms. The van der Waals surface area contributed by atoms with E-state index >= 15 is 0 Å². The van der Waals surface area contributed by atoms with Crippen molar-refractivity contribution in [2.75, 3.05) is 20.8 Å². The Bertz CT molecular complexity index is 1140. The number of aromatic nitrogens is 1. The summed E-state index contributed by atoms with van der Waals surface area (Å²) in [5.41, 5.74) is -2.55. The van der Waals surface area contributed by atoms with Gasteiger partial charge in [-0.25, -0.2) is 0 Å². The van der Waals surface area contributed by atoms with Crippen molar-refractivity contribution in [3.63, 3.8) is 0 Å². The summed E-state index contributed by atoms with van der Waals surface area (Å²) in [5, 5.41) is 34.7. The smallest absolute Gasteiger partial charge is 0.279 e. The van der Waals surface area contributed by atoms with Crippen molar-refractivity contribution in [3.8, 4) is 5.75 Å². The van der Waals surface area contributed by atoms with Gasteiger partial charge in [0, 0.05) is 41.9 Å². The summed E-state index contributed by atoms with van der Waals surface area (Å²) in [7, 11) is 2.91. The lowest BCUT2D eigenvalue weighted by Crippen LogP contribution is -2.75. The lowest BCUT2D eigenvalue weighted by molar-refractivity contribution is -0.247. The maximum Gasteiger partial charge on any atom is 0.279 e. The Morgan fingerprint density at radius 2 is 2.00 bits per heavy atom. The van der Waals surface area contributed by atoms with Crippen LogP contribution in [0.2, 0.25) is 0 Å². The average Bonchev–Trinajstić information content (AvgIpc) is 3.40. The van der Waals surface area contributed by atoms with E-state index in [0.29, 0.717) is 47.3 Å². The molecule has 4 N–H and O–H groups in total.